The Balaban J connectivity index is 1.54. The van der Waals surface area contributed by atoms with E-state index in [0.717, 1.165) is 32.4 Å². The molecule has 39 heavy (non-hydrogen) atoms. The van der Waals surface area contributed by atoms with Crippen LogP contribution in [-0.2, 0) is 21.9 Å². The van der Waals surface area contributed by atoms with Gasteiger partial charge in [0.15, 0.2) is 9.84 Å². The molecule has 2 heterocycles. The van der Waals surface area contributed by atoms with Crippen molar-refractivity contribution in [3.63, 3.8) is 0 Å². The van der Waals surface area contributed by atoms with Crippen molar-refractivity contribution in [3.8, 4) is 26.7 Å². The van der Waals surface area contributed by atoms with E-state index < -0.39 is 9.84 Å². The van der Waals surface area contributed by atoms with Crippen molar-refractivity contribution < 1.29 is 8.42 Å². The van der Waals surface area contributed by atoms with E-state index in [2.05, 4.69) is 62.2 Å². The van der Waals surface area contributed by atoms with E-state index in [4.69, 9.17) is 16.7 Å². The molecular weight excluding hydrogens is 546 g/mol. The van der Waals surface area contributed by atoms with Crippen LogP contribution < -0.4 is 0 Å². The van der Waals surface area contributed by atoms with Gasteiger partial charge in [-0.05, 0) is 74.5 Å². The lowest BCUT2D eigenvalue weighted by Crippen LogP contribution is -2.38. The van der Waals surface area contributed by atoms with Gasteiger partial charge in [-0.25, -0.2) is 13.1 Å². The SMILES string of the molecule is CN(Cc1cc(-c2ccc(-c3cccc(S(C)(=O)=O)c3)s2)n(-c2ccccc2Cl)n1)C(C)(C)c1ccccc1. The second kappa shape index (κ2) is 10.7. The zero-order chi connectivity index (χ0) is 27.8. The van der Waals surface area contributed by atoms with Gasteiger partial charge in [0.1, 0.15) is 0 Å². The van der Waals surface area contributed by atoms with Crippen LogP contribution in [0, 0.1) is 0 Å². The molecule has 0 atom stereocenters. The average molecular weight is 576 g/mol. The van der Waals surface area contributed by atoms with Gasteiger partial charge in [-0.1, -0.05) is 66.2 Å². The van der Waals surface area contributed by atoms with E-state index in [-0.39, 0.29) is 5.54 Å². The summed E-state index contributed by atoms with van der Waals surface area (Å²) in [5.41, 5.74) is 4.56. The fourth-order valence-corrected chi connectivity index (χ4v) is 6.39. The van der Waals surface area contributed by atoms with E-state index in [1.165, 1.54) is 11.8 Å². The maximum absolute atomic E-state index is 12.1. The average Bonchev–Trinajstić information content (AvgIpc) is 3.57. The van der Waals surface area contributed by atoms with Crippen molar-refractivity contribution in [3.05, 3.63) is 113 Å². The molecule has 200 valence electrons. The van der Waals surface area contributed by atoms with Crippen LogP contribution in [0.3, 0.4) is 0 Å². The van der Waals surface area contributed by atoms with Gasteiger partial charge in [-0.15, -0.1) is 11.3 Å². The lowest BCUT2D eigenvalue weighted by atomic mass is 9.92. The second-order valence-electron chi connectivity index (χ2n) is 10.1. The van der Waals surface area contributed by atoms with Crippen LogP contribution in [0.2, 0.25) is 5.02 Å². The van der Waals surface area contributed by atoms with Crippen molar-refractivity contribution in [1.29, 1.82) is 0 Å². The molecule has 0 spiro atoms. The van der Waals surface area contributed by atoms with Crippen LogP contribution in [0.5, 0.6) is 0 Å². The van der Waals surface area contributed by atoms with Crippen molar-refractivity contribution in [2.75, 3.05) is 13.3 Å². The van der Waals surface area contributed by atoms with Gasteiger partial charge in [0.2, 0.25) is 0 Å². The molecular formula is C31H30ClN3O2S2. The van der Waals surface area contributed by atoms with Gasteiger partial charge < -0.3 is 0 Å². The maximum Gasteiger partial charge on any atom is 0.175 e. The number of benzene rings is 3. The maximum atomic E-state index is 12.1. The Morgan fingerprint density at radius 1 is 0.897 bits per heavy atom. The fraction of sp³-hybridized carbons (Fsp3) is 0.194. The highest BCUT2D eigenvalue weighted by Crippen LogP contribution is 2.38. The molecule has 0 fully saturated rings. The fourth-order valence-electron chi connectivity index (χ4n) is 4.51. The molecule has 5 nitrogen and oxygen atoms in total. The molecule has 0 unspecified atom stereocenters. The summed E-state index contributed by atoms with van der Waals surface area (Å²) in [5.74, 6) is 0. The van der Waals surface area contributed by atoms with Crippen molar-refractivity contribution in [2.45, 2.75) is 30.8 Å². The molecule has 8 heteroatoms. The summed E-state index contributed by atoms with van der Waals surface area (Å²) in [5, 5.41) is 5.63. The number of halogens is 1. The molecule has 3 aromatic carbocycles. The molecule has 0 N–H and O–H groups in total. The minimum absolute atomic E-state index is 0.198. The van der Waals surface area contributed by atoms with Gasteiger partial charge in [0.25, 0.3) is 0 Å². The molecule has 0 aliphatic heterocycles. The van der Waals surface area contributed by atoms with Crippen LogP contribution in [0.1, 0.15) is 25.1 Å². The van der Waals surface area contributed by atoms with E-state index in [0.29, 0.717) is 16.5 Å². The number of sulfone groups is 1. The molecule has 0 saturated heterocycles. The first-order valence-corrected chi connectivity index (χ1v) is 15.6. The summed E-state index contributed by atoms with van der Waals surface area (Å²) in [6.45, 7) is 5.07. The van der Waals surface area contributed by atoms with Crippen LogP contribution in [-0.4, -0.2) is 36.4 Å². The predicted octanol–water partition coefficient (Wildman–Crippen LogP) is 7.69. The number of hydrogen-bond acceptors (Lipinski definition) is 5. The molecule has 0 saturated carbocycles. The third kappa shape index (κ3) is 5.72. The van der Waals surface area contributed by atoms with E-state index in [1.54, 1.807) is 29.5 Å². The largest absolute Gasteiger partial charge is 0.291 e. The summed E-state index contributed by atoms with van der Waals surface area (Å²) >= 11 is 8.22. The summed E-state index contributed by atoms with van der Waals surface area (Å²) in [6, 6.07) is 31.4. The van der Waals surface area contributed by atoms with E-state index in [1.807, 2.05) is 47.1 Å². The van der Waals surface area contributed by atoms with Gasteiger partial charge in [-0.2, -0.15) is 5.10 Å². The number of thiophene rings is 1. The second-order valence-corrected chi connectivity index (χ2v) is 13.6. The third-order valence-corrected chi connectivity index (χ3v) is 9.67. The minimum Gasteiger partial charge on any atom is -0.291 e. The molecule has 0 aliphatic carbocycles. The van der Waals surface area contributed by atoms with Crippen molar-refractivity contribution in [1.82, 2.24) is 14.7 Å². The molecule has 5 aromatic rings. The van der Waals surface area contributed by atoms with Crippen molar-refractivity contribution in [2.24, 2.45) is 0 Å². The van der Waals surface area contributed by atoms with E-state index >= 15 is 0 Å². The van der Waals surface area contributed by atoms with Crippen LogP contribution in [0.25, 0.3) is 26.7 Å². The van der Waals surface area contributed by atoms with Gasteiger partial charge in [-0.3, -0.25) is 4.90 Å². The van der Waals surface area contributed by atoms with Gasteiger partial charge in [0.05, 0.1) is 31.9 Å². The Kier molecular flexibility index (Phi) is 7.53. The Morgan fingerprint density at radius 3 is 2.31 bits per heavy atom. The molecule has 0 radical (unpaired) electrons. The monoisotopic (exact) mass is 575 g/mol. The minimum atomic E-state index is -3.30. The number of hydrogen-bond donors (Lipinski definition) is 0. The summed E-state index contributed by atoms with van der Waals surface area (Å²) in [4.78, 5) is 4.59. The Hall–Kier alpha value is -3.23. The zero-order valence-electron chi connectivity index (χ0n) is 22.3. The van der Waals surface area contributed by atoms with Crippen LogP contribution >= 0.6 is 22.9 Å². The molecule has 5 rings (SSSR count). The Bertz CT molecular complexity index is 1720. The molecule has 0 bridgehead atoms. The predicted molar refractivity (Wildman–Crippen MR) is 161 cm³/mol. The quantitative estimate of drug-likeness (QED) is 0.190. The number of rotatable bonds is 8. The topological polar surface area (TPSA) is 55.2 Å². The number of aromatic nitrogens is 2. The van der Waals surface area contributed by atoms with Crippen molar-refractivity contribution >= 4 is 32.8 Å². The van der Waals surface area contributed by atoms with Gasteiger partial charge in [0, 0.05) is 23.2 Å². The Labute approximate surface area is 239 Å². The highest BCUT2D eigenvalue weighted by molar-refractivity contribution is 7.90. The number of nitrogens with zero attached hydrogens (tertiary/aromatic N) is 3. The Morgan fingerprint density at radius 2 is 1.59 bits per heavy atom. The highest BCUT2D eigenvalue weighted by Gasteiger charge is 2.27. The highest BCUT2D eigenvalue weighted by atomic mass is 35.5. The molecule has 0 aliphatic rings. The normalized spacial score (nSPS) is 12.3. The summed E-state index contributed by atoms with van der Waals surface area (Å²) in [7, 11) is -1.19. The molecule has 0 amide bonds. The third-order valence-electron chi connectivity index (χ3n) is 7.08. The summed E-state index contributed by atoms with van der Waals surface area (Å²) < 4.78 is 26.1. The number of para-hydroxylation sites is 1. The first kappa shape index (κ1) is 27.3. The lowest BCUT2D eigenvalue weighted by molar-refractivity contribution is 0.146. The van der Waals surface area contributed by atoms with Gasteiger partial charge >= 0.3 is 0 Å². The first-order valence-electron chi connectivity index (χ1n) is 12.6. The van der Waals surface area contributed by atoms with Crippen LogP contribution in [0.4, 0.5) is 0 Å². The first-order chi connectivity index (χ1) is 18.5. The lowest BCUT2D eigenvalue weighted by Gasteiger charge is -2.35. The molecule has 2 aromatic heterocycles. The smallest absolute Gasteiger partial charge is 0.175 e. The van der Waals surface area contributed by atoms with E-state index in [9.17, 15) is 8.42 Å². The zero-order valence-corrected chi connectivity index (χ0v) is 24.7. The standard InChI is InChI=1S/C31H30ClN3O2S2/c1-31(2,23-12-6-5-7-13-23)34(3)21-24-20-28(35(33-24)27-16-9-8-15-26(27)32)30-18-17-29(38-30)22-11-10-14-25(19-22)39(4,36)37/h5-20H,21H2,1-4H3. The van der Waals surface area contributed by atoms with Crippen LogP contribution in [0.15, 0.2) is 102 Å². The summed E-state index contributed by atoms with van der Waals surface area (Å²) in [6.07, 6.45) is 1.23.